The van der Waals surface area contributed by atoms with Crippen LogP contribution in [0.3, 0.4) is 0 Å². The van der Waals surface area contributed by atoms with Crippen molar-refractivity contribution in [2.75, 3.05) is 5.32 Å². The van der Waals surface area contributed by atoms with E-state index in [1.165, 1.54) is 11.8 Å². The molecule has 0 aliphatic rings. The third-order valence-electron chi connectivity index (χ3n) is 4.45. The van der Waals surface area contributed by atoms with E-state index in [9.17, 15) is 4.79 Å². The van der Waals surface area contributed by atoms with Crippen molar-refractivity contribution in [3.8, 4) is 5.69 Å². The molecule has 30 heavy (non-hydrogen) atoms. The van der Waals surface area contributed by atoms with Gasteiger partial charge in [0.2, 0.25) is 11.8 Å². The van der Waals surface area contributed by atoms with Crippen LogP contribution in [0.1, 0.15) is 24.0 Å². The van der Waals surface area contributed by atoms with Crippen molar-refractivity contribution in [3.63, 3.8) is 0 Å². The summed E-state index contributed by atoms with van der Waals surface area (Å²) < 4.78 is 7.07. The van der Waals surface area contributed by atoms with E-state index in [4.69, 9.17) is 4.52 Å². The first kappa shape index (κ1) is 19.9. The zero-order valence-corrected chi connectivity index (χ0v) is 17.5. The second kappa shape index (κ2) is 8.96. The fourth-order valence-corrected chi connectivity index (χ4v) is 3.85. The van der Waals surface area contributed by atoms with E-state index < -0.39 is 5.25 Å². The number of rotatable bonds is 7. The molecule has 0 saturated heterocycles. The number of thioether (sulfide) groups is 1. The molecule has 0 bridgehead atoms. The van der Waals surface area contributed by atoms with Crippen molar-refractivity contribution in [2.45, 2.75) is 30.7 Å². The molecule has 0 aliphatic heterocycles. The Balaban J connectivity index is 1.58. The van der Waals surface area contributed by atoms with E-state index >= 15 is 0 Å². The van der Waals surface area contributed by atoms with Crippen molar-refractivity contribution < 1.29 is 9.32 Å². The van der Waals surface area contributed by atoms with Gasteiger partial charge in [0, 0.05) is 18.2 Å². The zero-order chi connectivity index (χ0) is 20.9. The Morgan fingerprint density at radius 3 is 2.47 bits per heavy atom. The van der Waals surface area contributed by atoms with E-state index in [-0.39, 0.29) is 5.91 Å². The molecule has 1 unspecified atom stereocenters. The second-order valence-electron chi connectivity index (χ2n) is 6.81. The molecule has 2 aromatic carbocycles. The van der Waals surface area contributed by atoms with E-state index in [0.717, 1.165) is 17.1 Å². The van der Waals surface area contributed by atoms with Crippen LogP contribution in [-0.2, 0) is 11.2 Å². The Kier molecular flexibility index (Phi) is 5.94. The number of nitrogens with one attached hydrogen (secondary N) is 1. The molecule has 7 nitrogen and oxygen atoms in total. The van der Waals surface area contributed by atoms with Crippen molar-refractivity contribution in [1.82, 2.24) is 19.9 Å². The highest BCUT2D eigenvalue weighted by Crippen LogP contribution is 2.27. The molecule has 2 heterocycles. The quantitative estimate of drug-likeness (QED) is 0.450. The number of aryl methyl sites for hydroxylation is 1. The highest BCUT2D eigenvalue weighted by Gasteiger charge is 2.22. The Morgan fingerprint density at radius 1 is 1.10 bits per heavy atom. The van der Waals surface area contributed by atoms with Gasteiger partial charge < -0.3 is 4.52 Å². The molecule has 2 aromatic heterocycles. The lowest BCUT2D eigenvalue weighted by atomic mass is 10.1. The fourth-order valence-electron chi connectivity index (χ4n) is 2.96. The highest BCUT2D eigenvalue weighted by molar-refractivity contribution is 8.00. The molecule has 4 aromatic rings. The Labute approximate surface area is 178 Å². The number of nitrogens with zero attached hydrogens (tertiary/aromatic N) is 4. The third kappa shape index (κ3) is 4.60. The maximum absolute atomic E-state index is 12.6. The van der Waals surface area contributed by atoms with Crippen molar-refractivity contribution in [3.05, 3.63) is 83.8 Å². The molecule has 0 radical (unpaired) electrons. The Morgan fingerprint density at radius 2 is 1.80 bits per heavy atom. The van der Waals surface area contributed by atoms with Gasteiger partial charge >= 0.3 is 0 Å². The first-order valence-corrected chi connectivity index (χ1v) is 10.4. The minimum atomic E-state index is -0.411. The van der Waals surface area contributed by atoms with Gasteiger partial charge in [0.05, 0.1) is 10.9 Å². The summed E-state index contributed by atoms with van der Waals surface area (Å²) in [4.78, 5) is 12.6. The van der Waals surface area contributed by atoms with Gasteiger partial charge in [0.1, 0.15) is 5.82 Å². The molecule has 0 spiro atoms. The van der Waals surface area contributed by atoms with Crippen molar-refractivity contribution in [2.24, 2.45) is 0 Å². The van der Waals surface area contributed by atoms with E-state index in [1.54, 1.807) is 13.0 Å². The number of hydrogen-bond acceptors (Lipinski definition) is 6. The Hall–Kier alpha value is -3.39. The predicted octanol–water partition coefficient (Wildman–Crippen LogP) is 4.27. The smallest absolute Gasteiger partial charge is 0.240 e. The zero-order valence-electron chi connectivity index (χ0n) is 16.6. The van der Waals surface area contributed by atoms with Crippen LogP contribution in [0.15, 0.2) is 76.4 Å². The number of carbonyl (C=O) groups excluding carboxylic acids is 1. The number of anilines is 1. The maximum atomic E-state index is 12.6. The summed E-state index contributed by atoms with van der Waals surface area (Å²) in [5.74, 6) is 0.955. The summed E-state index contributed by atoms with van der Waals surface area (Å²) in [6.07, 6.45) is 0.640. The highest BCUT2D eigenvalue weighted by atomic mass is 32.2. The van der Waals surface area contributed by atoms with Gasteiger partial charge in [-0.2, -0.15) is 0 Å². The predicted molar refractivity (Wildman–Crippen MR) is 116 cm³/mol. The van der Waals surface area contributed by atoms with Crippen LogP contribution in [0.5, 0.6) is 0 Å². The molecular weight excluding hydrogens is 398 g/mol. The number of hydrogen-bond donors (Lipinski definition) is 1. The van der Waals surface area contributed by atoms with Gasteiger partial charge in [-0.15, -0.1) is 10.2 Å². The lowest BCUT2D eigenvalue weighted by molar-refractivity contribution is -0.115. The SMILES string of the molecule is Cc1cc(NC(=O)C(C)Sc2nnc(Cc3ccccc3)n2-c2ccccc2)on1. The molecule has 8 heteroatoms. The molecule has 0 fully saturated rings. The number of para-hydroxylation sites is 1. The number of amides is 1. The summed E-state index contributed by atoms with van der Waals surface area (Å²) >= 11 is 1.35. The first-order chi connectivity index (χ1) is 14.6. The fraction of sp³-hybridized carbons (Fsp3) is 0.182. The molecule has 1 amide bonds. The number of benzene rings is 2. The van der Waals surface area contributed by atoms with Gasteiger partial charge in [0.25, 0.3) is 0 Å². The van der Waals surface area contributed by atoms with E-state index in [1.807, 2.05) is 60.0 Å². The second-order valence-corrected chi connectivity index (χ2v) is 8.12. The summed E-state index contributed by atoms with van der Waals surface area (Å²) in [5, 5.41) is 15.6. The standard InChI is InChI=1S/C22H21N5O2S/c1-15-13-20(29-26-15)23-21(28)16(2)30-22-25-24-19(14-17-9-5-3-6-10-17)27(22)18-11-7-4-8-12-18/h3-13,16H,14H2,1-2H3,(H,23,28). The molecule has 0 saturated carbocycles. The molecular formula is C22H21N5O2S. The molecule has 1 N–H and O–H groups in total. The molecule has 152 valence electrons. The lowest BCUT2D eigenvalue weighted by Crippen LogP contribution is -2.22. The van der Waals surface area contributed by atoms with E-state index in [2.05, 4.69) is 32.8 Å². The topological polar surface area (TPSA) is 85.8 Å². The number of aromatic nitrogens is 4. The minimum absolute atomic E-state index is 0.191. The third-order valence-corrected chi connectivity index (χ3v) is 5.49. The lowest BCUT2D eigenvalue weighted by Gasteiger charge is -2.13. The maximum Gasteiger partial charge on any atom is 0.240 e. The summed E-state index contributed by atoms with van der Waals surface area (Å²) in [6.45, 7) is 3.62. The van der Waals surface area contributed by atoms with Gasteiger partial charge in [-0.1, -0.05) is 65.4 Å². The summed E-state index contributed by atoms with van der Waals surface area (Å²) in [6, 6.07) is 21.7. The number of carbonyl (C=O) groups is 1. The molecule has 1 atom stereocenters. The van der Waals surface area contributed by atoms with Gasteiger partial charge in [-0.05, 0) is 31.5 Å². The van der Waals surface area contributed by atoms with Crippen molar-refractivity contribution >= 4 is 23.6 Å². The van der Waals surface area contributed by atoms with Crippen LogP contribution >= 0.6 is 11.8 Å². The van der Waals surface area contributed by atoms with Gasteiger partial charge in [0.15, 0.2) is 5.16 Å². The Bertz CT molecular complexity index is 1120. The average Bonchev–Trinajstić information content (AvgIpc) is 3.35. The molecule has 4 rings (SSSR count). The summed E-state index contributed by atoms with van der Waals surface area (Å²) in [5.41, 5.74) is 2.81. The van der Waals surface area contributed by atoms with Gasteiger partial charge in [-0.3, -0.25) is 14.7 Å². The van der Waals surface area contributed by atoms with Gasteiger partial charge in [-0.25, -0.2) is 0 Å². The van der Waals surface area contributed by atoms with Crippen LogP contribution in [0, 0.1) is 6.92 Å². The largest absolute Gasteiger partial charge is 0.338 e. The average molecular weight is 420 g/mol. The van der Waals surface area contributed by atoms with E-state index in [0.29, 0.717) is 23.2 Å². The van der Waals surface area contributed by atoms with Crippen molar-refractivity contribution in [1.29, 1.82) is 0 Å². The van der Waals surface area contributed by atoms with Crippen LogP contribution in [0.4, 0.5) is 5.88 Å². The normalized spacial score (nSPS) is 11.9. The summed E-state index contributed by atoms with van der Waals surface area (Å²) in [7, 11) is 0. The molecule has 0 aliphatic carbocycles. The monoisotopic (exact) mass is 419 g/mol. The first-order valence-electron chi connectivity index (χ1n) is 9.54. The van der Waals surface area contributed by atoms with Crippen LogP contribution < -0.4 is 5.32 Å². The minimum Gasteiger partial charge on any atom is -0.338 e. The van der Waals surface area contributed by atoms with Crippen LogP contribution in [-0.4, -0.2) is 31.1 Å². The van der Waals surface area contributed by atoms with Crippen LogP contribution in [0.2, 0.25) is 0 Å². The van der Waals surface area contributed by atoms with Crippen LogP contribution in [0.25, 0.3) is 5.69 Å².